The van der Waals surface area contributed by atoms with Crippen LogP contribution < -0.4 is 0 Å². The zero-order valence-electron chi connectivity index (χ0n) is 12.7. The van der Waals surface area contributed by atoms with Crippen LogP contribution in [-0.4, -0.2) is 22.3 Å². The number of nitro groups is 1. The van der Waals surface area contributed by atoms with Crippen LogP contribution in [0.15, 0.2) is 41.1 Å². The Hall–Kier alpha value is -2.25. The molecule has 0 radical (unpaired) electrons. The summed E-state index contributed by atoms with van der Waals surface area (Å²) in [6.07, 6.45) is 1.99. The number of amides is 1. The minimum Gasteiger partial charge on any atom is -0.331 e. The average molecular weight is 358 g/mol. The van der Waals surface area contributed by atoms with Gasteiger partial charge in [0.25, 0.3) is 11.6 Å². The van der Waals surface area contributed by atoms with E-state index in [1.165, 1.54) is 29.0 Å². The van der Waals surface area contributed by atoms with Gasteiger partial charge in [0.15, 0.2) is 0 Å². The summed E-state index contributed by atoms with van der Waals surface area (Å²) in [4.78, 5) is 26.0. The molecule has 3 aromatic rings. The van der Waals surface area contributed by atoms with Gasteiger partial charge in [-0.15, -0.1) is 11.3 Å². The lowest BCUT2D eigenvalue weighted by molar-refractivity contribution is -0.384. The van der Waals surface area contributed by atoms with E-state index in [4.69, 9.17) is 0 Å². The average Bonchev–Trinajstić information content (AvgIpc) is 3.30. The van der Waals surface area contributed by atoms with Gasteiger partial charge in [-0.1, -0.05) is 0 Å². The van der Waals surface area contributed by atoms with Crippen molar-refractivity contribution in [3.63, 3.8) is 0 Å². The van der Waals surface area contributed by atoms with E-state index in [0.29, 0.717) is 4.88 Å². The van der Waals surface area contributed by atoms with Gasteiger partial charge in [0, 0.05) is 28.8 Å². The fourth-order valence-corrected chi connectivity index (χ4v) is 4.92. The highest BCUT2D eigenvalue weighted by Crippen LogP contribution is 2.36. The van der Waals surface area contributed by atoms with Crippen molar-refractivity contribution < 1.29 is 9.72 Å². The predicted molar refractivity (Wildman–Crippen MR) is 95.8 cm³/mol. The van der Waals surface area contributed by atoms with Crippen molar-refractivity contribution in [2.75, 3.05) is 6.54 Å². The van der Waals surface area contributed by atoms with Gasteiger partial charge in [0.2, 0.25) is 0 Å². The number of thiophene rings is 2. The molecular formula is C17H14N2O3S2. The number of hydrogen-bond acceptors (Lipinski definition) is 5. The first-order valence-corrected chi connectivity index (χ1v) is 9.40. The van der Waals surface area contributed by atoms with Gasteiger partial charge in [-0.2, -0.15) is 11.3 Å². The first kappa shape index (κ1) is 15.3. The van der Waals surface area contributed by atoms with Crippen molar-refractivity contribution in [3.8, 4) is 0 Å². The molecule has 3 heterocycles. The monoisotopic (exact) mass is 358 g/mol. The van der Waals surface area contributed by atoms with E-state index in [1.807, 2.05) is 10.3 Å². The lowest BCUT2D eigenvalue weighted by atomic mass is 10.1. The van der Waals surface area contributed by atoms with Gasteiger partial charge < -0.3 is 4.90 Å². The van der Waals surface area contributed by atoms with Crippen LogP contribution in [0.3, 0.4) is 0 Å². The van der Waals surface area contributed by atoms with Crippen molar-refractivity contribution in [2.45, 2.75) is 18.9 Å². The molecule has 1 aliphatic heterocycles. The lowest BCUT2D eigenvalue weighted by Crippen LogP contribution is -2.29. The fraction of sp³-hybridized carbons (Fsp3) is 0.235. The molecule has 7 heteroatoms. The Kier molecular flexibility index (Phi) is 3.82. The molecule has 0 bridgehead atoms. The molecule has 0 saturated carbocycles. The highest BCUT2D eigenvalue weighted by molar-refractivity contribution is 7.20. The summed E-state index contributed by atoms with van der Waals surface area (Å²) in [6, 6.07) is 8.73. The van der Waals surface area contributed by atoms with Gasteiger partial charge in [0.05, 0.1) is 15.8 Å². The van der Waals surface area contributed by atoms with Crippen LogP contribution in [-0.2, 0) is 0 Å². The molecule has 1 aromatic carbocycles. The first-order chi connectivity index (χ1) is 11.6. The van der Waals surface area contributed by atoms with E-state index < -0.39 is 4.92 Å². The van der Waals surface area contributed by atoms with Gasteiger partial charge in [-0.3, -0.25) is 14.9 Å². The number of rotatable bonds is 3. The van der Waals surface area contributed by atoms with Crippen molar-refractivity contribution in [2.24, 2.45) is 0 Å². The second-order valence-corrected chi connectivity index (χ2v) is 7.67. The van der Waals surface area contributed by atoms with E-state index in [-0.39, 0.29) is 17.6 Å². The Morgan fingerprint density at radius 3 is 2.92 bits per heavy atom. The summed E-state index contributed by atoms with van der Waals surface area (Å²) >= 11 is 3.05. The van der Waals surface area contributed by atoms with E-state index in [9.17, 15) is 14.9 Å². The van der Waals surface area contributed by atoms with Crippen LogP contribution in [0.5, 0.6) is 0 Å². The first-order valence-electron chi connectivity index (χ1n) is 7.64. The van der Waals surface area contributed by atoms with Crippen LogP contribution in [0.25, 0.3) is 10.1 Å². The largest absolute Gasteiger partial charge is 0.331 e. The molecule has 0 aliphatic carbocycles. The second-order valence-electron chi connectivity index (χ2n) is 5.80. The summed E-state index contributed by atoms with van der Waals surface area (Å²) in [5.74, 6) is 0.0209. The molecule has 0 N–H and O–H groups in total. The Balaban J connectivity index is 1.66. The Morgan fingerprint density at radius 2 is 2.17 bits per heavy atom. The normalized spacial score (nSPS) is 17.5. The molecule has 4 rings (SSSR count). The smallest absolute Gasteiger partial charge is 0.270 e. The van der Waals surface area contributed by atoms with Gasteiger partial charge in [0.1, 0.15) is 0 Å². The third kappa shape index (κ3) is 2.59. The number of hydrogen-bond donors (Lipinski definition) is 0. The molecular weight excluding hydrogens is 344 g/mol. The van der Waals surface area contributed by atoms with Crippen molar-refractivity contribution in [1.29, 1.82) is 0 Å². The van der Waals surface area contributed by atoms with E-state index >= 15 is 0 Å². The van der Waals surface area contributed by atoms with E-state index in [0.717, 1.165) is 29.5 Å². The number of carbonyl (C=O) groups is 1. The van der Waals surface area contributed by atoms with Gasteiger partial charge in [-0.25, -0.2) is 0 Å². The topological polar surface area (TPSA) is 63.4 Å². The van der Waals surface area contributed by atoms with E-state index in [1.54, 1.807) is 23.5 Å². The van der Waals surface area contributed by atoms with Crippen LogP contribution in [0.2, 0.25) is 0 Å². The summed E-state index contributed by atoms with van der Waals surface area (Å²) in [6.45, 7) is 0.758. The summed E-state index contributed by atoms with van der Waals surface area (Å²) in [7, 11) is 0. The van der Waals surface area contributed by atoms with Gasteiger partial charge in [-0.05, 0) is 47.4 Å². The molecule has 2 aromatic heterocycles. The lowest BCUT2D eigenvalue weighted by Gasteiger charge is -2.23. The third-order valence-electron chi connectivity index (χ3n) is 4.36. The second kappa shape index (κ2) is 5.99. The number of non-ortho nitro benzene ring substituents is 1. The molecule has 1 aliphatic rings. The standard InChI is InChI=1S/C17H14N2O3S2/c20-17(18-6-1-2-14(18)11-5-7-23-10-11)16-9-12-8-13(19(21)22)3-4-15(12)24-16/h3-5,7-10,14H,1-2,6H2/t14-/m0/s1. The SMILES string of the molecule is O=C(c1cc2cc([N+](=O)[O-])ccc2s1)N1CCC[C@H]1c1ccsc1. The number of carbonyl (C=O) groups excluding carboxylic acids is 1. The molecule has 24 heavy (non-hydrogen) atoms. The molecule has 122 valence electrons. The van der Waals surface area contributed by atoms with Crippen LogP contribution in [0.1, 0.15) is 34.1 Å². The molecule has 0 spiro atoms. The zero-order valence-corrected chi connectivity index (χ0v) is 14.3. The highest BCUT2D eigenvalue weighted by Gasteiger charge is 2.31. The number of likely N-dealkylation sites (tertiary alicyclic amines) is 1. The molecule has 1 saturated heterocycles. The van der Waals surface area contributed by atoms with Crippen molar-refractivity contribution in [3.05, 3.63) is 61.6 Å². The third-order valence-corrected chi connectivity index (χ3v) is 6.17. The summed E-state index contributed by atoms with van der Waals surface area (Å²) < 4.78 is 0.898. The summed E-state index contributed by atoms with van der Waals surface area (Å²) in [5, 5.41) is 15.8. The molecule has 1 amide bonds. The van der Waals surface area contributed by atoms with Crippen molar-refractivity contribution in [1.82, 2.24) is 4.90 Å². The minimum atomic E-state index is -0.411. The fourth-order valence-electron chi connectivity index (χ4n) is 3.21. The van der Waals surface area contributed by atoms with Crippen molar-refractivity contribution >= 4 is 44.4 Å². The van der Waals surface area contributed by atoms with E-state index in [2.05, 4.69) is 11.4 Å². The Labute approximate surface area is 146 Å². The minimum absolute atomic E-state index is 0.0209. The zero-order chi connectivity index (χ0) is 16.7. The maximum Gasteiger partial charge on any atom is 0.270 e. The Bertz CT molecular complexity index is 917. The molecule has 1 fully saturated rings. The quantitative estimate of drug-likeness (QED) is 0.497. The summed E-state index contributed by atoms with van der Waals surface area (Å²) in [5.41, 5.74) is 1.25. The predicted octanol–water partition coefficient (Wildman–Crippen LogP) is 4.85. The van der Waals surface area contributed by atoms with Gasteiger partial charge >= 0.3 is 0 Å². The molecule has 1 atom stereocenters. The molecule has 0 unspecified atom stereocenters. The number of nitrogens with zero attached hydrogens (tertiary/aromatic N) is 2. The van der Waals surface area contributed by atoms with Crippen LogP contribution >= 0.6 is 22.7 Å². The highest BCUT2D eigenvalue weighted by atomic mass is 32.1. The maximum absolute atomic E-state index is 12.9. The van der Waals surface area contributed by atoms with Crippen LogP contribution in [0, 0.1) is 10.1 Å². The molecule has 5 nitrogen and oxygen atoms in total. The van der Waals surface area contributed by atoms with Crippen LogP contribution in [0.4, 0.5) is 5.69 Å². The number of nitro benzene ring substituents is 1. The Morgan fingerprint density at radius 1 is 1.29 bits per heavy atom. The number of benzene rings is 1. The maximum atomic E-state index is 12.9. The number of fused-ring (bicyclic) bond motifs is 1.